The van der Waals surface area contributed by atoms with Crippen LogP contribution in [0.4, 0.5) is 0 Å². The Morgan fingerprint density at radius 1 is 0.882 bits per heavy atom. The van der Waals surface area contributed by atoms with Crippen molar-refractivity contribution in [3.63, 3.8) is 0 Å². The van der Waals surface area contributed by atoms with Crippen LogP contribution in [-0.2, 0) is 0 Å². The van der Waals surface area contributed by atoms with Gasteiger partial charge < -0.3 is 0 Å². The fourth-order valence-electron chi connectivity index (χ4n) is 2.10. The molecular formula is C14H16O2Si. The summed E-state index contributed by atoms with van der Waals surface area (Å²) in [4.78, 5) is 23.4. The molecule has 0 radical (unpaired) electrons. The van der Waals surface area contributed by atoms with E-state index in [9.17, 15) is 9.59 Å². The van der Waals surface area contributed by atoms with Crippen LogP contribution in [0.3, 0.4) is 0 Å². The molecule has 0 atom stereocenters. The summed E-state index contributed by atoms with van der Waals surface area (Å²) in [6.07, 6.45) is 0. The zero-order valence-electron chi connectivity index (χ0n) is 10.6. The molecule has 0 amide bonds. The highest BCUT2D eigenvalue weighted by molar-refractivity contribution is 6.90. The van der Waals surface area contributed by atoms with Gasteiger partial charge in [-0.05, 0) is 12.5 Å². The lowest BCUT2D eigenvalue weighted by atomic mass is 10.0. The lowest BCUT2D eigenvalue weighted by molar-refractivity contribution is 1.41. The standard InChI is InChI=1S/C14H16O2Si/c1-9-5-7-10(8-6-9)11-12(15)13(16)14(11)17(2,3)4/h5-8H,1-4H3. The number of rotatable bonds is 2. The summed E-state index contributed by atoms with van der Waals surface area (Å²) in [5.74, 6) is 0. The Labute approximate surface area is 102 Å². The second-order valence-corrected chi connectivity index (χ2v) is 10.5. The van der Waals surface area contributed by atoms with Gasteiger partial charge in [-0.25, -0.2) is 0 Å². The predicted molar refractivity (Wildman–Crippen MR) is 74.5 cm³/mol. The minimum atomic E-state index is -1.73. The van der Waals surface area contributed by atoms with Crippen LogP contribution in [0.1, 0.15) is 5.56 Å². The molecule has 88 valence electrons. The van der Waals surface area contributed by atoms with E-state index in [2.05, 4.69) is 19.6 Å². The third kappa shape index (κ3) is 1.91. The minimum Gasteiger partial charge on any atom is -0.286 e. The molecular weight excluding hydrogens is 228 g/mol. The van der Waals surface area contributed by atoms with Crippen LogP contribution in [0.5, 0.6) is 0 Å². The molecule has 0 spiro atoms. The third-order valence-corrected chi connectivity index (χ3v) is 4.98. The highest BCUT2D eigenvalue weighted by Crippen LogP contribution is 2.17. The highest BCUT2D eigenvalue weighted by atomic mass is 28.3. The Balaban J connectivity index is 2.62. The molecule has 0 aliphatic heterocycles. The molecule has 2 aromatic carbocycles. The first-order valence-electron chi connectivity index (χ1n) is 5.73. The number of hydrogen-bond acceptors (Lipinski definition) is 2. The van der Waals surface area contributed by atoms with Gasteiger partial charge in [0, 0.05) is 10.8 Å². The van der Waals surface area contributed by atoms with E-state index in [-0.39, 0.29) is 10.9 Å². The molecule has 2 rings (SSSR count). The van der Waals surface area contributed by atoms with Gasteiger partial charge in [0.2, 0.25) is 10.9 Å². The van der Waals surface area contributed by atoms with E-state index in [1.54, 1.807) is 0 Å². The molecule has 2 aromatic rings. The van der Waals surface area contributed by atoms with Gasteiger partial charge >= 0.3 is 0 Å². The summed E-state index contributed by atoms with van der Waals surface area (Å²) in [6, 6.07) is 7.80. The van der Waals surface area contributed by atoms with Gasteiger partial charge in [-0.3, -0.25) is 9.59 Å². The fourth-order valence-corrected chi connectivity index (χ4v) is 3.91. The van der Waals surface area contributed by atoms with Crippen molar-refractivity contribution in [2.24, 2.45) is 0 Å². The van der Waals surface area contributed by atoms with Gasteiger partial charge in [-0.15, -0.1) is 0 Å². The maximum absolute atomic E-state index is 11.7. The average Bonchev–Trinajstić information content (AvgIpc) is 2.24. The van der Waals surface area contributed by atoms with Crippen LogP contribution in [0.25, 0.3) is 11.1 Å². The molecule has 0 aliphatic carbocycles. The number of hydrogen-bond donors (Lipinski definition) is 0. The molecule has 0 N–H and O–H groups in total. The Kier molecular flexibility index (Phi) is 2.66. The predicted octanol–water partition coefficient (Wildman–Crippen LogP) is 1.80. The molecule has 0 saturated carbocycles. The maximum Gasteiger partial charge on any atom is 0.233 e. The quantitative estimate of drug-likeness (QED) is 0.596. The molecule has 0 unspecified atom stereocenters. The lowest BCUT2D eigenvalue weighted by Gasteiger charge is -2.21. The van der Waals surface area contributed by atoms with Gasteiger partial charge in [0.05, 0.1) is 8.07 Å². The fraction of sp³-hybridized carbons (Fsp3) is 0.286. The number of benzene rings is 1. The molecule has 0 aromatic heterocycles. The second-order valence-electron chi connectivity index (χ2n) is 5.52. The summed E-state index contributed by atoms with van der Waals surface area (Å²) < 4.78 is 0. The lowest BCUT2D eigenvalue weighted by Crippen LogP contribution is -2.60. The highest BCUT2D eigenvalue weighted by Gasteiger charge is 2.31. The summed E-state index contributed by atoms with van der Waals surface area (Å²) in [5, 5.41) is 0.798. The molecule has 3 heteroatoms. The topological polar surface area (TPSA) is 34.1 Å². The van der Waals surface area contributed by atoms with Crippen molar-refractivity contribution in [2.75, 3.05) is 0 Å². The Hall–Kier alpha value is -1.48. The molecule has 2 nitrogen and oxygen atoms in total. The van der Waals surface area contributed by atoms with E-state index in [0.29, 0.717) is 5.56 Å². The zero-order chi connectivity index (χ0) is 12.8. The van der Waals surface area contributed by atoms with Crippen LogP contribution in [0, 0.1) is 6.92 Å². The Morgan fingerprint density at radius 3 is 1.88 bits per heavy atom. The first-order chi connectivity index (χ1) is 7.82. The number of aryl methyl sites for hydroxylation is 1. The van der Waals surface area contributed by atoms with E-state index in [0.717, 1.165) is 16.3 Å². The van der Waals surface area contributed by atoms with Crippen molar-refractivity contribution in [3.05, 3.63) is 50.3 Å². The molecule has 0 heterocycles. The van der Waals surface area contributed by atoms with Crippen LogP contribution >= 0.6 is 0 Å². The molecule has 0 aliphatic rings. The monoisotopic (exact) mass is 244 g/mol. The summed E-state index contributed by atoms with van der Waals surface area (Å²) in [7, 11) is -1.73. The molecule has 0 bridgehead atoms. The van der Waals surface area contributed by atoms with Gasteiger partial charge in [-0.1, -0.05) is 49.5 Å². The van der Waals surface area contributed by atoms with E-state index < -0.39 is 8.07 Å². The van der Waals surface area contributed by atoms with Crippen molar-refractivity contribution in [2.45, 2.75) is 26.6 Å². The average molecular weight is 244 g/mol. The third-order valence-electron chi connectivity index (χ3n) is 3.00. The summed E-state index contributed by atoms with van der Waals surface area (Å²) in [6.45, 7) is 8.30. The second kappa shape index (κ2) is 3.77. The van der Waals surface area contributed by atoms with E-state index in [1.807, 2.05) is 31.2 Å². The van der Waals surface area contributed by atoms with Gasteiger partial charge in [0.1, 0.15) is 0 Å². The summed E-state index contributed by atoms with van der Waals surface area (Å²) >= 11 is 0. The Bertz CT molecular complexity index is 624. The van der Waals surface area contributed by atoms with Crippen LogP contribution in [0.15, 0.2) is 33.9 Å². The minimum absolute atomic E-state index is 0.264. The van der Waals surface area contributed by atoms with E-state index in [4.69, 9.17) is 0 Å². The van der Waals surface area contributed by atoms with Crippen molar-refractivity contribution < 1.29 is 0 Å². The first-order valence-corrected chi connectivity index (χ1v) is 9.23. The van der Waals surface area contributed by atoms with Crippen molar-refractivity contribution in [1.82, 2.24) is 0 Å². The van der Waals surface area contributed by atoms with Crippen LogP contribution < -0.4 is 16.0 Å². The van der Waals surface area contributed by atoms with E-state index in [1.165, 1.54) is 0 Å². The SMILES string of the molecule is Cc1ccc(-c2c([Si](C)(C)C)c(=O)c2=O)cc1. The zero-order valence-corrected chi connectivity index (χ0v) is 11.6. The van der Waals surface area contributed by atoms with E-state index >= 15 is 0 Å². The van der Waals surface area contributed by atoms with Crippen molar-refractivity contribution in [3.8, 4) is 11.1 Å². The van der Waals surface area contributed by atoms with Crippen molar-refractivity contribution in [1.29, 1.82) is 0 Å². The van der Waals surface area contributed by atoms with Gasteiger partial charge in [0.15, 0.2) is 0 Å². The van der Waals surface area contributed by atoms with Crippen LogP contribution in [-0.4, -0.2) is 8.07 Å². The Morgan fingerprint density at radius 2 is 1.41 bits per heavy atom. The van der Waals surface area contributed by atoms with Crippen LogP contribution in [0.2, 0.25) is 19.6 Å². The maximum atomic E-state index is 11.7. The van der Waals surface area contributed by atoms with Gasteiger partial charge in [0.25, 0.3) is 0 Å². The summed E-state index contributed by atoms with van der Waals surface area (Å²) in [5.41, 5.74) is 2.12. The molecule has 17 heavy (non-hydrogen) atoms. The first kappa shape index (κ1) is 12.0. The van der Waals surface area contributed by atoms with Gasteiger partial charge in [-0.2, -0.15) is 0 Å². The molecule has 0 saturated heterocycles. The largest absolute Gasteiger partial charge is 0.286 e. The van der Waals surface area contributed by atoms with Crippen molar-refractivity contribution >= 4 is 13.3 Å². The normalized spacial score (nSPS) is 12.0. The molecule has 0 fully saturated rings. The smallest absolute Gasteiger partial charge is 0.233 e.